The Bertz CT molecular complexity index is 491. The Morgan fingerprint density at radius 3 is 2.60 bits per heavy atom. The summed E-state index contributed by atoms with van der Waals surface area (Å²) in [5, 5.41) is 2.46. The van der Waals surface area contributed by atoms with E-state index in [1.165, 1.54) is 17.1 Å². The molecule has 0 fully saturated rings. The van der Waals surface area contributed by atoms with E-state index < -0.39 is 0 Å². The van der Waals surface area contributed by atoms with E-state index in [9.17, 15) is 4.79 Å². The Kier molecular flexibility index (Phi) is 3.07. The van der Waals surface area contributed by atoms with Gasteiger partial charge in [0.15, 0.2) is 0 Å². The summed E-state index contributed by atoms with van der Waals surface area (Å²) in [7, 11) is 0. The van der Waals surface area contributed by atoms with E-state index in [4.69, 9.17) is 0 Å². The molecular formula is C13H12OS. The van der Waals surface area contributed by atoms with Crippen LogP contribution in [0.4, 0.5) is 0 Å². The molecule has 2 aromatic rings. The number of fused-ring (bicyclic) bond motifs is 1. The van der Waals surface area contributed by atoms with Crippen molar-refractivity contribution in [2.45, 2.75) is 6.92 Å². The number of benzene rings is 2. The number of hydrogen-bond donors (Lipinski definition) is 0. The third kappa shape index (κ3) is 2.21. The summed E-state index contributed by atoms with van der Waals surface area (Å²) in [4.78, 5) is 11.7. The molecule has 0 saturated heterocycles. The van der Waals surface area contributed by atoms with E-state index in [-0.39, 0.29) is 5.12 Å². The van der Waals surface area contributed by atoms with Crippen LogP contribution in [-0.4, -0.2) is 10.9 Å². The van der Waals surface area contributed by atoms with Crippen molar-refractivity contribution in [2.24, 2.45) is 0 Å². The fourth-order valence-corrected chi connectivity index (χ4v) is 2.09. The van der Waals surface area contributed by atoms with Gasteiger partial charge in [0.25, 0.3) is 0 Å². The quantitative estimate of drug-likeness (QED) is 0.760. The topological polar surface area (TPSA) is 17.1 Å². The molecule has 0 aliphatic rings. The summed E-state index contributed by atoms with van der Waals surface area (Å²) in [6.07, 6.45) is 0. The molecule has 2 rings (SSSR count). The van der Waals surface area contributed by atoms with E-state index in [1.807, 2.05) is 43.3 Å². The van der Waals surface area contributed by atoms with Crippen molar-refractivity contribution in [1.29, 1.82) is 0 Å². The van der Waals surface area contributed by atoms with Gasteiger partial charge in [0.2, 0.25) is 5.12 Å². The summed E-state index contributed by atoms with van der Waals surface area (Å²) in [5.41, 5.74) is 0.792. The summed E-state index contributed by atoms with van der Waals surface area (Å²) in [6, 6.07) is 13.9. The normalized spacial score (nSPS) is 10.5. The Balaban J connectivity index is 2.42. The minimum atomic E-state index is 0.156. The van der Waals surface area contributed by atoms with Gasteiger partial charge < -0.3 is 0 Å². The first-order valence-corrected chi connectivity index (χ1v) is 5.96. The van der Waals surface area contributed by atoms with Crippen molar-refractivity contribution in [3.05, 3.63) is 48.0 Å². The predicted octanol–water partition coefficient (Wildman–Crippen LogP) is 3.73. The highest BCUT2D eigenvalue weighted by molar-refractivity contribution is 8.14. The second-order valence-electron chi connectivity index (χ2n) is 3.28. The summed E-state index contributed by atoms with van der Waals surface area (Å²) >= 11 is 1.35. The molecule has 2 aromatic carbocycles. The largest absolute Gasteiger partial charge is 0.282 e. The molecule has 0 aliphatic heterocycles. The van der Waals surface area contributed by atoms with Crippen LogP contribution in [0.15, 0.2) is 42.5 Å². The number of carbonyl (C=O) groups is 1. The Labute approximate surface area is 93.5 Å². The van der Waals surface area contributed by atoms with Crippen LogP contribution in [0.2, 0.25) is 0 Å². The van der Waals surface area contributed by atoms with Crippen molar-refractivity contribution in [1.82, 2.24) is 0 Å². The molecule has 76 valence electrons. The molecular weight excluding hydrogens is 204 g/mol. The van der Waals surface area contributed by atoms with Crippen LogP contribution in [0.25, 0.3) is 10.8 Å². The van der Waals surface area contributed by atoms with Crippen molar-refractivity contribution in [3.63, 3.8) is 0 Å². The lowest BCUT2D eigenvalue weighted by atomic mass is 10.1. The highest BCUT2D eigenvalue weighted by atomic mass is 32.2. The standard InChI is InChI=1S/C13H12OS/c1-2-15-13(14)12-8-7-10-5-3-4-6-11(10)9-12/h3-9H,2H2,1H3. The van der Waals surface area contributed by atoms with Crippen molar-refractivity contribution >= 4 is 27.6 Å². The first-order chi connectivity index (χ1) is 7.31. The van der Waals surface area contributed by atoms with E-state index in [2.05, 4.69) is 6.07 Å². The van der Waals surface area contributed by atoms with Gasteiger partial charge in [-0.15, -0.1) is 0 Å². The molecule has 0 bridgehead atoms. The van der Waals surface area contributed by atoms with Gasteiger partial charge in [-0.1, -0.05) is 49.0 Å². The summed E-state index contributed by atoms with van der Waals surface area (Å²) < 4.78 is 0. The SMILES string of the molecule is CCSC(=O)c1ccc2ccccc2c1. The molecule has 0 atom stereocenters. The molecule has 2 heteroatoms. The van der Waals surface area contributed by atoms with Gasteiger partial charge >= 0.3 is 0 Å². The molecule has 0 N–H and O–H groups in total. The van der Waals surface area contributed by atoms with Crippen molar-refractivity contribution in [3.8, 4) is 0 Å². The fraction of sp³-hybridized carbons (Fsp3) is 0.154. The van der Waals surface area contributed by atoms with E-state index in [1.54, 1.807) is 0 Å². The second-order valence-corrected chi connectivity index (χ2v) is 4.52. The Hall–Kier alpha value is -1.28. The van der Waals surface area contributed by atoms with Crippen LogP contribution in [0.1, 0.15) is 17.3 Å². The maximum Gasteiger partial charge on any atom is 0.219 e. The number of rotatable bonds is 2. The lowest BCUT2D eigenvalue weighted by Crippen LogP contribution is -1.93. The summed E-state index contributed by atoms with van der Waals surface area (Å²) in [6.45, 7) is 1.99. The number of carbonyl (C=O) groups excluding carboxylic acids is 1. The van der Waals surface area contributed by atoms with Crippen LogP contribution >= 0.6 is 11.8 Å². The van der Waals surface area contributed by atoms with Gasteiger partial charge in [0, 0.05) is 5.56 Å². The van der Waals surface area contributed by atoms with Gasteiger partial charge in [-0.05, 0) is 28.7 Å². The molecule has 0 heterocycles. The Morgan fingerprint density at radius 1 is 1.13 bits per heavy atom. The molecule has 0 aromatic heterocycles. The third-order valence-electron chi connectivity index (χ3n) is 2.26. The zero-order valence-electron chi connectivity index (χ0n) is 8.57. The molecule has 1 nitrogen and oxygen atoms in total. The molecule has 0 radical (unpaired) electrons. The molecule has 15 heavy (non-hydrogen) atoms. The first kappa shape index (κ1) is 10.2. The van der Waals surface area contributed by atoms with Crippen LogP contribution in [0.3, 0.4) is 0 Å². The van der Waals surface area contributed by atoms with Crippen LogP contribution in [-0.2, 0) is 0 Å². The molecule has 0 saturated carbocycles. The van der Waals surface area contributed by atoms with Gasteiger partial charge in [-0.2, -0.15) is 0 Å². The predicted molar refractivity (Wildman–Crippen MR) is 66.4 cm³/mol. The second kappa shape index (κ2) is 4.49. The molecule has 0 unspecified atom stereocenters. The average molecular weight is 216 g/mol. The monoisotopic (exact) mass is 216 g/mol. The van der Waals surface area contributed by atoms with Crippen molar-refractivity contribution < 1.29 is 4.79 Å². The smallest absolute Gasteiger partial charge is 0.219 e. The van der Waals surface area contributed by atoms with Gasteiger partial charge in [-0.3, -0.25) is 4.79 Å². The summed E-state index contributed by atoms with van der Waals surface area (Å²) in [5.74, 6) is 0.825. The van der Waals surface area contributed by atoms with Crippen LogP contribution in [0, 0.1) is 0 Å². The van der Waals surface area contributed by atoms with E-state index >= 15 is 0 Å². The van der Waals surface area contributed by atoms with Crippen molar-refractivity contribution in [2.75, 3.05) is 5.75 Å². The number of thioether (sulfide) groups is 1. The molecule has 0 aliphatic carbocycles. The lowest BCUT2D eigenvalue weighted by Gasteiger charge is -2.01. The minimum Gasteiger partial charge on any atom is -0.282 e. The van der Waals surface area contributed by atoms with E-state index in [0.29, 0.717) is 0 Å². The highest BCUT2D eigenvalue weighted by Gasteiger charge is 2.05. The van der Waals surface area contributed by atoms with Gasteiger partial charge in [-0.25, -0.2) is 0 Å². The first-order valence-electron chi connectivity index (χ1n) is 4.97. The average Bonchev–Trinajstić information content (AvgIpc) is 2.29. The zero-order chi connectivity index (χ0) is 10.7. The van der Waals surface area contributed by atoms with E-state index in [0.717, 1.165) is 16.7 Å². The molecule has 0 amide bonds. The minimum absolute atomic E-state index is 0.156. The van der Waals surface area contributed by atoms with Gasteiger partial charge in [0.1, 0.15) is 0 Å². The van der Waals surface area contributed by atoms with Gasteiger partial charge in [0.05, 0.1) is 0 Å². The zero-order valence-corrected chi connectivity index (χ0v) is 9.38. The van der Waals surface area contributed by atoms with Crippen LogP contribution in [0.5, 0.6) is 0 Å². The Morgan fingerprint density at radius 2 is 1.87 bits per heavy atom. The fourth-order valence-electron chi connectivity index (χ4n) is 1.53. The molecule has 0 spiro atoms. The maximum absolute atomic E-state index is 11.7. The van der Waals surface area contributed by atoms with Crippen LogP contribution < -0.4 is 0 Å². The highest BCUT2D eigenvalue weighted by Crippen LogP contribution is 2.19. The lowest BCUT2D eigenvalue weighted by molar-refractivity contribution is 0.108. The third-order valence-corrected chi connectivity index (χ3v) is 3.05. The maximum atomic E-state index is 11.7. The number of hydrogen-bond acceptors (Lipinski definition) is 2.